The van der Waals surface area contributed by atoms with Gasteiger partial charge in [-0.1, -0.05) is 13.0 Å². The lowest BCUT2D eigenvalue weighted by molar-refractivity contribution is 0.338. The van der Waals surface area contributed by atoms with E-state index in [4.69, 9.17) is 0 Å². The topological polar surface area (TPSA) is 12.0 Å². The monoisotopic (exact) mass is 235 g/mol. The number of fused-ring (bicyclic) bond motifs is 1. The van der Waals surface area contributed by atoms with Gasteiger partial charge in [0.05, 0.1) is 0 Å². The smallest absolute Gasteiger partial charge is 0.0144 e. The first kappa shape index (κ1) is 10.8. The molecule has 3 unspecified atom stereocenters. The molecule has 0 bridgehead atoms. The maximum Gasteiger partial charge on any atom is 0.0144 e. The fourth-order valence-corrected chi connectivity index (χ4v) is 4.17. The summed E-state index contributed by atoms with van der Waals surface area (Å²) in [5, 5.41) is 5.91. The SMILES string of the molecule is CCNC(Cc1cccs1)C1CC2CC2C1. The summed E-state index contributed by atoms with van der Waals surface area (Å²) in [5.74, 6) is 3.16. The molecule has 0 aliphatic heterocycles. The number of rotatable bonds is 5. The van der Waals surface area contributed by atoms with Crippen molar-refractivity contribution in [1.82, 2.24) is 5.32 Å². The number of hydrogen-bond donors (Lipinski definition) is 1. The third-order valence-electron chi connectivity index (χ3n) is 4.32. The summed E-state index contributed by atoms with van der Waals surface area (Å²) in [6.07, 6.45) is 5.77. The highest BCUT2D eigenvalue weighted by atomic mass is 32.1. The van der Waals surface area contributed by atoms with Crippen molar-refractivity contribution in [3.8, 4) is 0 Å². The fourth-order valence-electron chi connectivity index (χ4n) is 3.40. The van der Waals surface area contributed by atoms with E-state index in [-0.39, 0.29) is 0 Å². The third-order valence-corrected chi connectivity index (χ3v) is 5.22. The fraction of sp³-hybridized carbons (Fsp3) is 0.714. The molecule has 2 fully saturated rings. The summed E-state index contributed by atoms with van der Waals surface area (Å²) in [5.41, 5.74) is 0. The highest BCUT2D eigenvalue weighted by molar-refractivity contribution is 7.09. The lowest BCUT2D eigenvalue weighted by Crippen LogP contribution is -2.37. The lowest BCUT2D eigenvalue weighted by Gasteiger charge is -2.25. The highest BCUT2D eigenvalue weighted by Crippen LogP contribution is 2.55. The van der Waals surface area contributed by atoms with Crippen LogP contribution in [0.1, 0.15) is 31.1 Å². The van der Waals surface area contributed by atoms with Crippen LogP contribution in [0, 0.1) is 17.8 Å². The van der Waals surface area contributed by atoms with Crippen molar-refractivity contribution in [2.24, 2.45) is 17.8 Å². The number of thiophene rings is 1. The van der Waals surface area contributed by atoms with Crippen molar-refractivity contribution >= 4 is 11.3 Å². The number of nitrogens with one attached hydrogen (secondary N) is 1. The van der Waals surface area contributed by atoms with Crippen LogP contribution in [0.2, 0.25) is 0 Å². The van der Waals surface area contributed by atoms with Gasteiger partial charge in [-0.2, -0.15) is 0 Å². The molecule has 0 spiro atoms. The molecule has 1 heterocycles. The molecule has 16 heavy (non-hydrogen) atoms. The van der Waals surface area contributed by atoms with E-state index in [1.807, 2.05) is 11.3 Å². The van der Waals surface area contributed by atoms with Crippen LogP contribution in [0.4, 0.5) is 0 Å². The minimum Gasteiger partial charge on any atom is -0.314 e. The molecule has 0 amide bonds. The first-order valence-corrected chi connectivity index (χ1v) is 7.50. The summed E-state index contributed by atoms with van der Waals surface area (Å²) < 4.78 is 0. The normalized spacial score (nSPS) is 33.7. The second-order valence-electron chi connectivity index (χ2n) is 5.44. The molecule has 88 valence electrons. The van der Waals surface area contributed by atoms with E-state index in [1.54, 1.807) is 4.88 Å². The minimum atomic E-state index is 0.733. The van der Waals surface area contributed by atoms with Crippen molar-refractivity contribution < 1.29 is 0 Å². The Bertz CT molecular complexity index is 323. The summed E-state index contributed by atoms with van der Waals surface area (Å²) in [4.78, 5) is 1.55. The summed E-state index contributed by atoms with van der Waals surface area (Å²) in [6.45, 7) is 3.35. The zero-order valence-electron chi connectivity index (χ0n) is 9.99. The number of likely N-dealkylation sites (N-methyl/N-ethyl adjacent to an activating group) is 1. The van der Waals surface area contributed by atoms with Gasteiger partial charge in [-0.25, -0.2) is 0 Å². The summed E-state index contributed by atoms with van der Waals surface area (Å²) >= 11 is 1.91. The van der Waals surface area contributed by atoms with E-state index in [0.29, 0.717) is 0 Å². The second kappa shape index (κ2) is 4.50. The van der Waals surface area contributed by atoms with Gasteiger partial charge >= 0.3 is 0 Å². The van der Waals surface area contributed by atoms with Crippen molar-refractivity contribution in [2.75, 3.05) is 6.54 Å². The van der Waals surface area contributed by atoms with E-state index in [0.717, 1.165) is 30.3 Å². The minimum absolute atomic E-state index is 0.733. The van der Waals surface area contributed by atoms with Crippen molar-refractivity contribution in [2.45, 2.75) is 38.6 Å². The average molecular weight is 235 g/mol. The van der Waals surface area contributed by atoms with Gasteiger partial charge in [-0.15, -0.1) is 11.3 Å². The lowest BCUT2D eigenvalue weighted by atomic mass is 9.91. The molecule has 3 rings (SSSR count). The maximum atomic E-state index is 3.71. The Balaban J connectivity index is 1.61. The molecule has 2 aliphatic rings. The molecule has 2 heteroatoms. The Kier molecular flexibility index (Phi) is 3.03. The van der Waals surface area contributed by atoms with Gasteiger partial charge in [0, 0.05) is 10.9 Å². The molecule has 1 nitrogen and oxygen atoms in total. The summed E-state index contributed by atoms with van der Waals surface area (Å²) in [6, 6.07) is 5.19. The number of hydrogen-bond acceptors (Lipinski definition) is 2. The van der Waals surface area contributed by atoms with E-state index in [1.165, 1.54) is 25.7 Å². The Morgan fingerprint density at radius 1 is 1.38 bits per heavy atom. The van der Waals surface area contributed by atoms with Gasteiger partial charge in [-0.3, -0.25) is 0 Å². The van der Waals surface area contributed by atoms with Crippen LogP contribution < -0.4 is 5.32 Å². The molecule has 1 aromatic heterocycles. The van der Waals surface area contributed by atoms with Crippen molar-refractivity contribution in [1.29, 1.82) is 0 Å². The molecule has 1 N–H and O–H groups in total. The van der Waals surface area contributed by atoms with Gasteiger partial charge in [0.1, 0.15) is 0 Å². The average Bonchev–Trinajstić information content (AvgIpc) is 2.72. The van der Waals surface area contributed by atoms with Crippen LogP contribution in [0.25, 0.3) is 0 Å². The molecular weight excluding hydrogens is 214 g/mol. The largest absolute Gasteiger partial charge is 0.314 e. The molecular formula is C14H21NS. The molecule has 0 radical (unpaired) electrons. The van der Waals surface area contributed by atoms with Crippen LogP contribution in [0.5, 0.6) is 0 Å². The van der Waals surface area contributed by atoms with Crippen LogP contribution >= 0.6 is 11.3 Å². The molecule has 1 aromatic rings. The predicted molar refractivity (Wildman–Crippen MR) is 69.8 cm³/mol. The molecule has 2 saturated carbocycles. The standard InChI is InChI=1S/C14H21NS/c1-2-15-14(9-13-4-3-5-16-13)12-7-10-6-11(10)8-12/h3-5,10-12,14-15H,2,6-9H2,1H3. The van der Waals surface area contributed by atoms with E-state index in [2.05, 4.69) is 29.8 Å². The van der Waals surface area contributed by atoms with Crippen LogP contribution in [-0.2, 0) is 6.42 Å². The van der Waals surface area contributed by atoms with Crippen LogP contribution in [-0.4, -0.2) is 12.6 Å². The zero-order valence-corrected chi connectivity index (χ0v) is 10.8. The molecule has 0 aromatic carbocycles. The van der Waals surface area contributed by atoms with Gasteiger partial charge < -0.3 is 5.32 Å². The molecule has 2 aliphatic carbocycles. The first-order valence-electron chi connectivity index (χ1n) is 6.62. The van der Waals surface area contributed by atoms with Gasteiger partial charge in [0.15, 0.2) is 0 Å². The Morgan fingerprint density at radius 3 is 2.81 bits per heavy atom. The highest BCUT2D eigenvalue weighted by Gasteiger charge is 2.47. The Hall–Kier alpha value is -0.340. The quantitative estimate of drug-likeness (QED) is 0.825. The Labute approximate surface area is 102 Å². The van der Waals surface area contributed by atoms with Crippen LogP contribution in [0.15, 0.2) is 17.5 Å². The van der Waals surface area contributed by atoms with Gasteiger partial charge in [0.25, 0.3) is 0 Å². The maximum absolute atomic E-state index is 3.71. The second-order valence-corrected chi connectivity index (χ2v) is 6.47. The summed E-state index contributed by atoms with van der Waals surface area (Å²) in [7, 11) is 0. The van der Waals surface area contributed by atoms with Gasteiger partial charge in [-0.05, 0) is 61.4 Å². The van der Waals surface area contributed by atoms with Crippen molar-refractivity contribution in [3.63, 3.8) is 0 Å². The molecule has 3 atom stereocenters. The van der Waals surface area contributed by atoms with E-state index >= 15 is 0 Å². The van der Waals surface area contributed by atoms with E-state index in [9.17, 15) is 0 Å². The van der Waals surface area contributed by atoms with Gasteiger partial charge in [0.2, 0.25) is 0 Å². The zero-order chi connectivity index (χ0) is 11.0. The van der Waals surface area contributed by atoms with E-state index < -0.39 is 0 Å². The van der Waals surface area contributed by atoms with Crippen molar-refractivity contribution in [3.05, 3.63) is 22.4 Å². The molecule has 0 saturated heterocycles. The van der Waals surface area contributed by atoms with Crippen LogP contribution in [0.3, 0.4) is 0 Å². The predicted octanol–water partition coefficient (Wildman–Crippen LogP) is 3.31. The Morgan fingerprint density at radius 2 is 2.19 bits per heavy atom. The first-order chi connectivity index (χ1) is 7.86. The third kappa shape index (κ3) is 2.18.